The number of rotatable bonds is 4. The molecule has 23 heavy (non-hydrogen) atoms. The standard InChI is InChI=1S/C16H17ClN4O2/c17-15-11-2-1-3-13(11)19-8-12(15)16-20-14(23-21-16)9-18-10-4-6-22-7-5-10/h1-2,8,10,18H,3-7,9H2. The molecule has 0 saturated carbocycles. The number of nitrogens with zero attached hydrogens (tertiary/aromatic N) is 3. The second-order valence-electron chi connectivity index (χ2n) is 5.73. The van der Waals surface area contributed by atoms with Crippen LogP contribution in [0.2, 0.25) is 5.02 Å². The molecular weight excluding hydrogens is 316 g/mol. The lowest BCUT2D eigenvalue weighted by atomic mass is 10.1. The van der Waals surface area contributed by atoms with E-state index in [0.29, 0.717) is 34.9 Å². The zero-order valence-electron chi connectivity index (χ0n) is 12.6. The number of halogens is 1. The normalized spacial score (nSPS) is 17.6. The fraction of sp³-hybridized carbons (Fsp3) is 0.438. The predicted molar refractivity (Wildman–Crippen MR) is 86.0 cm³/mol. The van der Waals surface area contributed by atoms with Gasteiger partial charge in [0.2, 0.25) is 11.7 Å². The summed E-state index contributed by atoms with van der Waals surface area (Å²) < 4.78 is 10.7. The minimum atomic E-state index is 0.439. The number of fused-ring (bicyclic) bond motifs is 1. The third-order valence-electron chi connectivity index (χ3n) is 4.20. The highest BCUT2D eigenvalue weighted by atomic mass is 35.5. The highest BCUT2D eigenvalue weighted by Crippen LogP contribution is 2.33. The summed E-state index contributed by atoms with van der Waals surface area (Å²) in [5.41, 5.74) is 2.65. The van der Waals surface area contributed by atoms with Crippen molar-refractivity contribution in [2.24, 2.45) is 0 Å². The monoisotopic (exact) mass is 332 g/mol. The summed E-state index contributed by atoms with van der Waals surface area (Å²) in [5.74, 6) is 1.04. The van der Waals surface area contributed by atoms with Crippen LogP contribution in [0.3, 0.4) is 0 Å². The maximum Gasteiger partial charge on any atom is 0.240 e. The van der Waals surface area contributed by atoms with E-state index in [-0.39, 0.29) is 0 Å². The zero-order valence-corrected chi connectivity index (χ0v) is 13.3. The van der Waals surface area contributed by atoms with Gasteiger partial charge < -0.3 is 14.6 Å². The highest BCUT2D eigenvalue weighted by molar-refractivity contribution is 6.34. The van der Waals surface area contributed by atoms with Gasteiger partial charge in [0.15, 0.2) is 0 Å². The van der Waals surface area contributed by atoms with Gasteiger partial charge in [-0.15, -0.1) is 0 Å². The van der Waals surface area contributed by atoms with Gasteiger partial charge in [-0.1, -0.05) is 28.9 Å². The lowest BCUT2D eigenvalue weighted by Gasteiger charge is -2.22. The summed E-state index contributed by atoms with van der Waals surface area (Å²) in [6.07, 6.45) is 8.59. The van der Waals surface area contributed by atoms with E-state index in [1.807, 2.05) is 12.2 Å². The molecule has 0 atom stereocenters. The van der Waals surface area contributed by atoms with Gasteiger partial charge >= 0.3 is 0 Å². The first-order valence-electron chi connectivity index (χ1n) is 7.79. The Kier molecular flexibility index (Phi) is 4.11. The van der Waals surface area contributed by atoms with Crippen molar-refractivity contribution in [2.45, 2.75) is 31.8 Å². The fourth-order valence-electron chi connectivity index (χ4n) is 2.89. The lowest BCUT2D eigenvalue weighted by Crippen LogP contribution is -2.34. The molecule has 0 bridgehead atoms. The molecular formula is C16H17ClN4O2. The summed E-state index contributed by atoms with van der Waals surface area (Å²) >= 11 is 6.45. The second-order valence-corrected chi connectivity index (χ2v) is 6.11. The summed E-state index contributed by atoms with van der Waals surface area (Å²) in [6, 6.07) is 0.439. The Morgan fingerprint density at radius 1 is 1.30 bits per heavy atom. The van der Waals surface area contributed by atoms with Crippen LogP contribution >= 0.6 is 11.6 Å². The van der Waals surface area contributed by atoms with Crippen molar-refractivity contribution >= 4 is 17.7 Å². The Hall–Kier alpha value is -1.76. The van der Waals surface area contributed by atoms with Crippen molar-refractivity contribution in [3.63, 3.8) is 0 Å². The SMILES string of the molecule is Clc1c(-c2noc(CNC3CCOCC3)n2)cnc2c1C=CC2. The van der Waals surface area contributed by atoms with Gasteiger partial charge in [0.25, 0.3) is 0 Å². The van der Waals surface area contributed by atoms with Gasteiger partial charge in [0.05, 0.1) is 22.8 Å². The molecule has 0 unspecified atom stereocenters. The Balaban J connectivity index is 1.48. The first kappa shape index (κ1) is 14.8. The van der Waals surface area contributed by atoms with Crippen molar-refractivity contribution in [1.82, 2.24) is 20.4 Å². The van der Waals surface area contributed by atoms with Crippen LogP contribution < -0.4 is 5.32 Å². The van der Waals surface area contributed by atoms with Gasteiger partial charge in [-0.05, 0) is 12.8 Å². The van der Waals surface area contributed by atoms with Crippen molar-refractivity contribution < 1.29 is 9.26 Å². The number of nitrogens with one attached hydrogen (secondary N) is 1. The van der Waals surface area contributed by atoms with E-state index in [1.54, 1.807) is 6.20 Å². The van der Waals surface area contributed by atoms with Gasteiger partial charge in [0.1, 0.15) is 0 Å². The predicted octanol–water partition coefficient (Wildman–Crippen LogP) is 2.62. The first-order chi connectivity index (χ1) is 11.3. The molecule has 0 radical (unpaired) electrons. The molecule has 0 spiro atoms. The molecule has 3 heterocycles. The maximum absolute atomic E-state index is 6.45. The van der Waals surface area contributed by atoms with E-state index < -0.39 is 0 Å². The molecule has 1 fully saturated rings. The molecule has 0 amide bonds. The largest absolute Gasteiger partial charge is 0.381 e. The van der Waals surface area contributed by atoms with Crippen molar-refractivity contribution in [1.29, 1.82) is 0 Å². The first-order valence-corrected chi connectivity index (χ1v) is 8.17. The van der Waals surface area contributed by atoms with Gasteiger partial charge in [0, 0.05) is 37.4 Å². The Morgan fingerprint density at radius 2 is 2.17 bits per heavy atom. The number of allylic oxidation sites excluding steroid dienone is 1. The van der Waals surface area contributed by atoms with E-state index in [1.165, 1.54) is 0 Å². The lowest BCUT2D eigenvalue weighted by molar-refractivity contribution is 0.0768. The smallest absolute Gasteiger partial charge is 0.240 e. The third kappa shape index (κ3) is 3.02. The molecule has 2 aliphatic rings. The quantitative estimate of drug-likeness (QED) is 0.927. The van der Waals surface area contributed by atoms with E-state index in [0.717, 1.165) is 43.7 Å². The minimum absolute atomic E-state index is 0.439. The molecule has 1 aliphatic carbocycles. The van der Waals surface area contributed by atoms with E-state index >= 15 is 0 Å². The Morgan fingerprint density at radius 3 is 3.04 bits per heavy atom. The molecule has 1 aliphatic heterocycles. The van der Waals surface area contributed by atoms with Crippen LogP contribution in [0.15, 0.2) is 16.8 Å². The molecule has 7 heteroatoms. The van der Waals surface area contributed by atoms with Crippen molar-refractivity contribution in [3.8, 4) is 11.4 Å². The molecule has 2 aromatic rings. The highest BCUT2D eigenvalue weighted by Gasteiger charge is 2.19. The Bertz CT molecular complexity index is 738. The molecule has 120 valence electrons. The number of hydrogen-bond donors (Lipinski definition) is 1. The van der Waals surface area contributed by atoms with Crippen LogP contribution in [0.25, 0.3) is 17.5 Å². The van der Waals surface area contributed by atoms with Crippen LogP contribution in [-0.4, -0.2) is 34.4 Å². The molecule has 4 rings (SSSR count). The van der Waals surface area contributed by atoms with E-state index in [4.69, 9.17) is 20.9 Å². The van der Waals surface area contributed by atoms with Crippen LogP contribution in [0.5, 0.6) is 0 Å². The number of hydrogen-bond acceptors (Lipinski definition) is 6. The van der Waals surface area contributed by atoms with Crippen LogP contribution in [-0.2, 0) is 17.7 Å². The second kappa shape index (κ2) is 6.39. The number of pyridine rings is 1. The van der Waals surface area contributed by atoms with Crippen LogP contribution in [0.1, 0.15) is 30.0 Å². The van der Waals surface area contributed by atoms with Crippen LogP contribution in [0.4, 0.5) is 0 Å². The van der Waals surface area contributed by atoms with Crippen LogP contribution in [0, 0.1) is 0 Å². The molecule has 6 nitrogen and oxygen atoms in total. The average Bonchev–Trinajstić information content (AvgIpc) is 3.24. The summed E-state index contributed by atoms with van der Waals surface area (Å²) in [5, 5.41) is 8.09. The minimum Gasteiger partial charge on any atom is -0.381 e. The third-order valence-corrected chi connectivity index (χ3v) is 4.61. The average molecular weight is 333 g/mol. The van der Waals surface area contributed by atoms with Crippen molar-refractivity contribution in [2.75, 3.05) is 13.2 Å². The topological polar surface area (TPSA) is 73.1 Å². The number of aromatic nitrogens is 3. The number of ether oxygens (including phenoxy) is 1. The molecule has 1 N–H and O–H groups in total. The summed E-state index contributed by atoms with van der Waals surface area (Å²) in [4.78, 5) is 8.86. The molecule has 1 saturated heterocycles. The van der Waals surface area contributed by atoms with E-state index in [9.17, 15) is 0 Å². The maximum atomic E-state index is 6.45. The molecule has 0 aromatic carbocycles. The summed E-state index contributed by atoms with van der Waals surface area (Å²) in [7, 11) is 0. The summed E-state index contributed by atoms with van der Waals surface area (Å²) in [6.45, 7) is 2.15. The zero-order chi connectivity index (χ0) is 15.6. The van der Waals surface area contributed by atoms with Gasteiger partial charge in [-0.25, -0.2) is 0 Å². The molecule has 2 aromatic heterocycles. The van der Waals surface area contributed by atoms with E-state index in [2.05, 4.69) is 20.4 Å². The van der Waals surface area contributed by atoms with Gasteiger partial charge in [-0.3, -0.25) is 4.98 Å². The Labute approximate surface area is 138 Å². The van der Waals surface area contributed by atoms with Crippen molar-refractivity contribution in [3.05, 3.63) is 34.4 Å². The van der Waals surface area contributed by atoms with Gasteiger partial charge in [-0.2, -0.15) is 4.98 Å². The fourth-order valence-corrected chi connectivity index (χ4v) is 3.19.